The number of halogens is 3. The van der Waals surface area contributed by atoms with Gasteiger partial charge in [0.05, 0.1) is 16.8 Å². The molecule has 3 rings (SSSR count). The van der Waals surface area contributed by atoms with Gasteiger partial charge < -0.3 is 0 Å². The number of hydrogen-bond donors (Lipinski definition) is 1. The van der Waals surface area contributed by atoms with Crippen molar-refractivity contribution in [1.29, 1.82) is 0 Å². The Labute approximate surface area is 123 Å². The average molecular weight is 304 g/mol. The molecule has 112 valence electrons. The Morgan fingerprint density at radius 3 is 2.36 bits per heavy atom. The maximum atomic E-state index is 12.8. The summed E-state index contributed by atoms with van der Waals surface area (Å²) in [6.07, 6.45) is -2.97. The third kappa shape index (κ3) is 2.55. The van der Waals surface area contributed by atoms with E-state index in [0.29, 0.717) is 11.1 Å². The fraction of sp³-hybridized carbons (Fsp3) is 0.0625. The molecule has 1 aromatic heterocycles. The molecular formula is C16H11F3N2O. The normalized spacial score (nSPS) is 11.6. The Bertz CT molecular complexity index is 848. The van der Waals surface area contributed by atoms with Crippen molar-refractivity contribution in [3.8, 4) is 16.8 Å². The van der Waals surface area contributed by atoms with Gasteiger partial charge in [-0.05, 0) is 23.8 Å². The third-order valence-electron chi connectivity index (χ3n) is 3.29. The van der Waals surface area contributed by atoms with Crippen LogP contribution in [-0.2, 0) is 6.18 Å². The van der Waals surface area contributed by atoms with E-state index in [0.717, 1.165) is 16.8 Å². The Hall–Kier alpha value is -2.76. The van der Waals surface area contributed by atoms with Crippen LogP contribution in [0, 0.1) is 0 Å². The lowest BCUT2D eigenvalue weighted by Crippen LogP contribution is -2.16. The van der Waals surface area contributed by atoms with E-state index in [-0.39, 0.29) is 5.69 Å². The Balaban J connectivity index is 2.08. The highest BCUT2D eigenvalue weighted by Gasteiger charge is 2.30. The molecule has 1 N–H and O–H groups in total. The summed E-state index contributed by atoms with van der Waals surface area (Å²) in [4.78, 5) is 12.4. The van der Waals surface area contributed by atoms with Crippen molar-refractivity contribution in [1.82, 2.24) is 9.78 Å². The molecule has 0 saturated heterocycles. The van der Waals surface area contributed by atoms with Crippen LogP contribution in [0.25, 0.3) is 16.8 Å². The van der Waals surface area contributed by atoms with Gasteiger partial charge in [0.2, 0.25) is 0 Å². The SMILES string of the molecule is O=c1c(-c2ccccc2)c[nH]n1-c1cccc(C(F)(F)F)c1. The number of hydrogen-bond acceptors (Lipinski definition) is 1. The zero-order valence-electron chi connectivity index (χ0n) is 11.3. The molecule has 0 bridgehead atoms. The second-order valence-electron chi connectivity index (χ2n) is 4.74. The molecule has 2 aromatic carbocycles. The molecule has 0 aliphatic heterocycles. The van der Waals surface area contributed by atoms with Gasteiger partial charge in [0.1, 0.15) is 0 Å². The third-order valence-corrected chi connectivity index (χ3v) is 3.29. The first-order valence-electron chi connectivity index (χ1n) is 6.50. The summed E-state index contributed by atoms with van der Waals surface area (Å²) < 4.78 is 39.4. The van der Waals surface area contributed by atoms with Crippen molar-refractivity contribution in [2.45, 2.75) is 6.18 Å². The molecule has 0 saturated carbocycles. The van der Waals surface area contributed by atoms with E-state index in [1.807, 2.05) is 6.07 Å². The van der Waals surface area contributed by atoms with E-state index < -0.39 is 17.3 Å². The van der Waals surface area contributed by atoms with Gasteiger partial charge in [-0.25, -0.2) is 4.68 Å². The Kier molecular flexibility index (Phi) is 3.36. The quantitative estimate of drug-likeness (QED) is 0.767. The molecule has 0 atom stereocenters. The molecule has 22 heavy (non-hydrogen) atoms. The van der Waals surface area contributed by atoms with E-state index in [9.17, 15) is 18.0 Å². The number of nitrogens with one attached hydrogen (secondary N) is 1. The molecule has 6 heteroatoms. The van der Waals surface area contributed by atoms with Crippen LogP contribution in [0.15, 0.2) is 65.6 Å². The van der Waals surface area contributed by atoms with Crippen molar-refractivity contribution in [3.05, 3.63) is 76.7 Å². The van der Waals surface area contributed by atoms with Gasteiger partial charge in [-0.15, -0.1) is 0 Å². The molecule has 3 nitrogen and oxygen atoms in total. The number of alkyl halides is 3. The number of aromatic amines is 1. The number of rotatable bonds is 2. The van der Waals surface area contributed by atoms with Crippen molar-refractivity contribution >= 4 is 0 Å². The smallest absolute Gasteiger partial charge is 0.298 e. The standard InChI is InChI=1S/C16H11F3N2O/c17-16(18,19)12-7-4-8-13(9-12)21-15(22)14(10-20-21)11-5-2-1-3-6-11/h1-10,20H. The summed E-state index contributed by atoms with van der Waals surface area (Å²) in [6, 6.07) is 13.5. The average Bonchev–Trinajstić information content (AvgIpc) is 2.89. The van der Waals surface area contributed by atoms with Crippen LogP contribution >= 0.6 is 0 Å². The van der Waals surface area contributed by atoms with Gasteiger partial charge in [-0.3, -0.25) is 9.89 Å². The van der Waals surface area contributed by atoms with E-state index in [1.54, 1.807) is 24.3 Å². The maximum Gasteiger partial charge on any atom is 0.416 e. The van der Waals surface area contributed by atoms with Crippen molar-refractivity contribution in [2.24, 2.45) is 0 Å². The molecular weight excluding hydrogens is 293 g/mol. The molecule has 0 amide bonds. The van der Waals surface area contributed by atoms with Gasteiger partial charge in [-0.2, -0.15) is 13.2 Å². The minimum atomic E-state index is -4.45. The zero-order chi connectivity index (χ0) is 15.7. The van der Waals surface area contributed by atoms with Crippen LogP contribution in [0.4, 0.5) is 13.2 Å². The van der Waals surface area contributed by atoms with Crippen molar-refractivity contribution < 1.29 is 13.2 Å². The maximum absolute atomic E-state index is 12.8. The van der Waals surface area contributed by atoms with Crippen LogP contribution in [0.3, 0.4) is 0 Å². The lowest BCUT2D eigenvalue weighted by atomic mass is 10.1. The summed E-state index contributed by atoms with van der Waals surface area (Å²) in [6.45, 7) is 0. The van der Waals surface area contributed by atoms with Crippen molar-refractivity contribution in [3.63, 3.8) is 0 Å². The van der Waals surface area contributed by atoms with Gasteiger partial charge in [0.15, 0.2) is 0 Å². The zero-order valence-corrected chi connectivity index (χ0v) is 11.3. The summed E-state index contributed by atoms with van der Waals surface area (Å²) in [7, 11) is 0. The fourth-order valence-corrected chi connectivity index (χ4v) is 2.21. The monoisotopic (exact) mass is 304 g/mol. The molecule has 0 fully saturated rings. The lowest BCUT2D eigenvalue weighted by molar-refractivity contribution is -0.137. The lowest BCUT2D eigenvalue weighted by Gasteiger charge is -2.08. The number of H-pyrrole nitrogens is 1. The predicted octanol–water partition coefficient (Wildman–Crippen LogP) is 3.85. The summed E-state index contributed by atoms with van der Waals surface area (Å²) in [5, 5.41) is 2.70. The predicted molar refractivity (Wildman–Crippen MR) is 76.8 cm³/mol. The van der Waals surface area contributed by atoms with Crippen LogP contribution in [0.5, 0.6) is 0 Å². The Morgan fingerprint density at radius 2 is 1.68 bits per heavy atom. The van der Waals surface area contributed by atoms with Crippen molar-refractivity contribution in [2.75, 3.05) is 0 Å². The van der Waals surface area contributed by atoms with Crippen LogP contribution in [0.2, 0.25) is 0 Å². The highest BCUT2D eigenvalue weighted by atomic mass is 19.4. The van der Waals surface area contributed by atoms with Crippen LogP contribution < -0.4 is 5.56 Å². The topological polar surface area (TPSA) is 37.8 Å². The summed E-state index contributed by atoms with van der Waals surface area (Å²) in [5.74, 6) is 0. The van der Waals surface area contributed by atoms with Gasteiger partial charge in [-0.1, -0.05) is 36.4 Å². The first-order valence-corrected chi connectivity index (χ1v) is 6.50. The fourth-order valence-electron chi connectivity index (χ4n) is 2.21. The minimum Gasteiger partial charge on any atom is -0.298 e. The Morgan fingerprint density at radius 1 is 0.955 bits per heavy atom. The first kappa shape index (κ1) is 14.2. The van der Waals surface area contributed by atoms with Gasteiger partial charge >= 0.3 is 6.18 Å². The molecule has 0 radical (unpaired) electrons. The summed E-state index contributed by atoms with van der Waals surface area (Å²) >= 11 is 0. The second-order valence-corrected chi connectivity index (χ2v) is 4.74. The highest BCUT2D eigenvalue weighted by molar-refractivity contribution is 5.62. The van der Waals surface area contributed by atoms with E-state index in [4.69, 9.17) is 0 Å². The molecule has 0 aliphatic rings. The molecule has 0 aliphatic carbocycles. The van der Waals surface area contributed by atoms with E-state index in [1.165, 1.54) is 18.3 Å². The largest absolute Gasteiger partial charge is 0.416 e. The molecule has 3 aromatic rings. The molecule has 0 spiro atoms. The van der Waals surface area contributed by atoms with Crippen LogP contribution in [-0.4, -0.2) is 9.78 Å². The van der Waals surface area contributed by atoms with E-state index in [2.05, 4.69) is 5.10 Å². The minimum absolute atomic E-state index is 0.141. The second kappa shape index (κ2) is 5.22. The molecule has 1 heterocycles. The molecule has 0 unspecified atom stereocenters. The van der Waals surface area contributed by atoms with Gasteiger partial charge in [0, 0.05) is 6.20 Å². The van der Waals surface area contributed by atoms with Crippen LogP contribution in [0.1, 0.15) is 5.56 Å². The number of aromatic nitrogens is 2. The first-order chi connectivity index (χ1) is 10.5. The number of nitrogens with zero attached hydrogens (tertiary/aromatic N) is 1. The van der Waals surface area contributed by atoms with E-state index >= 15 is 0 Å². The highest BCUT2D eigenvalue weighted by Crippen LogP contribution is 2.30. The number of benzene rings is 2. The summed E-state index contributed by atoms with van der Waals surface area (Å²) in [5.41, 5.74) is 0.0489. The van der Waals surface area contributed by atoms with Gasteiger partial charge in [0.25, 0.3) is 5.56 Å².